The van der Waals surface area contributed by atoms with Gasteiger partial charge in [0.25, 0.3) is 0 Å². The number of halogens is 2. The van der Waals surface area contributed by atoms with E-state index in [4.69, 9.17) is 28.3 Å². The molecule has 7 heteroatoms. The summed E-state index contributed by atoms with van der Waals surface area (Å²) in [5, 5.41) is 8.55. The van der Waals surface area contributed by atoms with Crippen LogP contribution in [0.2, 0.25) is 10.0 Å². The molecule has 1 heterocycles. The fraction of sp³-hybridized carbons (Fsp3) is 0.125. The lowest BCUT2D eigenvalue weighted by Gasteiger charge is -2.05. The molecule has 0 radical (unpaired) electrons. The first-order valence-corrected chi connectivity index (χ1v) is 4.40. The number of esters is 1. The summed E-state index contributed by atoms with van der Waals surface area (Å²) in [5.74, 6) is -2.28. The molecule has 0 bridgehead atoms. The number of ether oxygens (including phenoxy) is 1. The number of hydrogen-bond donors (Lipinski definition) is 1. The molecule has 0 unspecified atom stereocenters. The van der Waals surface area contributed by atoms with E-state index >= 15 is 0 Å². The molecule has 1 N–H and O–H groups in total. The summed E-state index contributed by atoms with van der Waals surface area (Å²) < 4.78 is 4.36. The highest BCUT2D eigenvalue weighted by molar-refractivity contribution is 6.44. The van der Waals surface area contributed by atoms with Gasteiger partial charge in [0.05, 0.1) is 17.2 Å². The van der Waals surface area contributed by atoms with Gasteiger partial charge in [-0.1, -0.05) is 23.2 Å². The predicted octanol–water partition coefficient (Wildman–Crippen LogP) is 1.87. The second kappa shape index (κ2) is 4.46. The van der Waals surface area contributed by atoms with Crippen LogP contribution in [0.4, 0.5) is 0 Å². The molecule has 1 rings (SSSR count). The maximum absolute atomic E-state index is 11.2. The zero-order chi connectivity index (χ0) is 11.6. The Balaban J connectivity index is 3.46. The van der Waals surface area contributed by atoms with Gasteiger partial charge in [-0.15, -0.1) is 0 Å². The van der Waals surface area contributed by atoms with Crippen molar-refractivity contribution in [3.63, 3.8) is 0 Å². The van der Waals surface area contributed by atoms with Crippen molar-refractivity contribution in [1.82, 2.24) is 4.98 Å². The van der Waals surface area contributed by atoms with E-state index in [0.717, 1.165) is 13.3 Å². The molecule has 0 atom stereocenters. The van der Waals surface area contributed by atoms with Gasteiger partial charge in [0.15, 0.2) is 5.69 Å². The minimum atomic E-state index is -1.39. The first-order chi connectivity index (χ1) is 6.99. The normalized spacial score (nSPS) is 9.80. The van der Waals surface area contributed by atoms with E-state index in [-0.39, 0.29) is 15.7 Å². The number of methoxy groups -OCH3 is 1. The van der Waals surface area contributed by atoms with Gasteiger partial charge in [-0.2, -0.15) is 0 Å². The lowest BCUT2D eigenvalue weighted by Crippen LogP contribution is -2.13. The SMILES string of the molecule is COC(=O)c1ncc(Cl)c(Cl)c1C(=O)O. The van der Waals surface area contributed by atoms with Gasteiger partial charge in [0, 0.05) is 6.20 Å². The third kappa shape index (κ3) is 2.19. The van der Waals surface area contributed by atoms with Crippen molar-refractivity contribution in [3.05, 3.63) is 27.5 Å². The van der Waals surface area contributed by atoms with Crippen molar-refractivity contribution >= 4 is 35.1 Å². The van der Waals surface area contributed by atoms with E-state index in [1.165, 1.54) is 0 Å². The number of carboxylic acids is 1. The van der Waals surface area contributed by atoms with Crippen LogP contribution in [-0.2, 0) is 4.74 Å². The van der Waals surface area contributed by atoms with E-state index in [1.54, 1.807) is 0 Å². The van der Waals surface area contributed by atoms with E-state index < -0.39 is 17.5 Å². The summed E-state index contributed by atoms with van der Waals surface area (Å²) in [6, 6.07) is 0. The number of hydrogen-bond acceptors (Lipinski definition) is 4. The highest BCUT2D eigenvalue weighted by Gasteiger charge is 2.23. The molecule has 0 fully saturated rings. The number of aromatic nitrogens is 1. The van der Waals surface area contributed by atoms with Gasteiger partial charge in [0.1, 0.15) is 5.56 Å². The number of carbonyl (C=O) groups is 2. The molecule has 0 saturated carbocycles. The van der Waals surface area contributed by atoms with Crippen molar-refractivity contribution in [1.29, 1.82) is 0 Å². The minimum absolute atomic E-state index is 0.0401. The van der Waals surface area contributed by atoms with Crippen molar-refractivity contribution in [2.45, 2.75) is 0 Å². The minimum Gasteiger partial charge on any atom is -0.478 e. The van der Waals surface area contributed by atoms with Gasteiger partial charge >= 0.3 is 11.9 Å². The van der Waals surface area contributed by atoms with E-state index in [1.807, 2.05) is 0 Å². The zero-order valence-electron chi connectivity index (χ0n) is 7.45. The molecule has 0 spiro atoms. The molecule has 1 aromatic heterocycles. The van der Waals surface area contributed by atoms with E-state index in [2.05, 4.69) is 9.72 Å². The van der Waals surface area contributed by atoms with Crippen molar-refractivity contribution < 1.29 is 19.4 Å². The van der Waals surface area contributed by atoms with Crippen LogP contribution in [0.5, 0.6) is 0 Å². The highest BCUT2D eigenvalue weighted by Crippen LogP contribution is 2.27. The molecule has 15 heavy (non-hydrogen) atoms. The Morgan fingerprint density at radius 2 is 2.07 bits per heavy atom. The number of pyridine rings is 1. The maximum Gasteiger partial charge on any atom is 0.357 e. The smallest absolute Gasteiger partial charge is 0.357 e. The van der Waals surface area contributed by atoms with Crippen LogP contribution in [0.3, 0.4) is 0 Å². The molecule has 0 aromatic carbocycles. The monoisotopic (exact) mass is 249 g/mol. The van der Waals surface area contributed by atoms with Crippen LogP contribution in [0, 0.1) is 0 Å². The van der Waals surface area contributed by atoms with Crippen molar-refractivity contribution in [3.8, 4) is 0 Å². The Kier molecular flexibility index (Phi) is 3.49. The molecule has 1 aromatic rings. The molecule has 0 aliphatic carbocycles. The Bertz CT molecular complexity index is 433. The molecular weight excluding hydrogens is 245 g/mol. The van der Waals surface area contributed by atoms with Crippen molar-refractivity contribution in [2.75, 3.05) is 7.11 Å². The third-order valence-electron chi connectivity index (χ3n) is 1.57. The molecule has 80 valence electrons. The van der Waals surface area contributed by atoms with Gasteiger partial charge < -0.3 is 9.84 Å². The number of nitrogens with zero attached hydrogens (tertiary/aromatic N) is 1. The van der Waals surface area contributed by atoms with Crippen molar-refractivity contribution in [2.24, 2.45) is 0 Å². The lowest BCUT2D eigenvalue weighted by molar-refractivity contribution is 0.0575. The second-order valence-corrected chi connectivity index (χ2v) is 3.23. The Labute approximate surface area is 94.6 Å². The maximum atomic E-state index is 11.2. The fourth-order valence-corrected chi connectivity index (χ4v) is 1.27. The van der Waals surface area contributed by atoms with Crippen LogP contribution in [0.25, 0.3) is 0 Å². The Hall–Kier alpha value is -1.33. The molecule has 0 aliphatic heterocycles. The van der Waals surface area contributed by atoms with Crippen LogP contribution < -0.4 is 0 Å². The quantitative estimate of drug-likeness (QED) is 0.810. The lowest BCUT2D eigenvalue weighted by atomic mass is 10.2. The van der Waals surface area contributed by atoms with Gasteiger partial charge in [-0.05, 0) is 0 Å². The molecular formula is C8H5Cl2NO4. The van der Waals surface area contributed by atoms with Gasteiger partial charge in [-0.3, -0.25) is 0 Å². The topological polar surface area (TPSA) is 76.5 Å². The first kappa shape index (κ1) is 11.7. The van der Waals surface area contributed by atoms with Gasteiger partial charge in [-0.25, -0.2) is 14.6 Å². The average Bonchev–Trinajstić information content (AvgIpc) is 2.20. The Morgan fingerprint density at radius 3 is 2.53 bits per heavy atom. The van der Waals surface area contributed by atoms with E-state index in [9.17, 15) is 9.59 Å². The molecule has 5 nitrogen and oxygen atoms in total. The highest BCUT2D eigenvalue weighted by atomic mass is 35.5. The Morgan fingerprint density at radius 1 is 1.47 bits per heavy atom. The summed E-state index contributed by atoms with van der Waals surface area (Å²) in [4.78, 5) is 25.5. The predicted molar refractivity (Wildman–Crippen MR) is 52.6 cm³/mol. The van der Waals surface area contributed by atoms with Crippen LogP contribution in [0.15, 0.2) is 6.20 Å². The molecule has 0 saturated heterocycles. The van der Waals surface area contributed by atoms with Gasteiger partial charge in [0.2, 0.25) is 0 Å². The number of aromatic carboxylic acids is 1. The summed E-state index contributed by atoms with van der Waals surface area (Å²) in [6.07, 6.45) is 1.09. The molecule has 0 amide bonds. The van der Waals surface area contributed by atoms with Crippen LogP contribution in [-0.4, -0.2) is 29.1 Å². The second-order valence-electron chi connectivity index (χ2n) is 2.44. The summed E-state index contributed by atoms with van der Waals surface area (Å²) in [6.45, 7) is 0. The molecule has 0 aliphatic rings. The standard InChI is InChI=1S/C8H5Cl2NO4/c1-15-8(14)6-4(7(12)13)5(10)3(9)2-11-6/h2H,1H3,(H,12,13). The fourth-order valence-electron chi connectivity index (χ4n) is 0.912. The summed E-state index contributed by atoms with van der Waals surface area (Å²) in [7, 11) is 1.11. The third-order valence-corrected chi connectivity index (χ3v) is 2.34. The largest absolute Gasteiger partial charge is 0.478 e. The number of rotatable bonds is 2. The number of carboxylic acid groups (broad SMARTS) is 1. The zero-order valence-corrected chi connectivity index (χ0v) is 8.96. The number of carbonyl (C=O) groups excluding carboxylic acids is 1. The summed E-state index contributed by atoms with van der Waals surface area (Å²) >= 11 is 11.2. The van der Waals surface area contributed by atoms with Crippen LogP contribution >= 0.6 is 23.2 Å². The first-order valence-electron chi connectivity index (χ1n) is 3.64. The summed E-state index contributed by atoms with van der Waals surface area (Å²) in [5.41, 5.74) is -0.838. The average molecular weight is 250 g/mol. The van der Waals surface area contributed by atoms with Crippen LogP contribution in [0.1, 0.15) is 20.8 Å². The van der Waals surface area contributed by atoms with E-state index in [0.29, 0.717) is 0 Å².